The Labute approximate surface area is 87.3 Å². The largest absolute Gasteiger partial charge is 0.465 e. The summed E-state index contributed by atoms with van der Waals surface area (Å²) in [5.41, 5.74) is 0.467. The van der Waals surface area contributed by atoms with Crippen molar-refractivity contribution in [1.29, 1.82) is 0 Å². The molecule has 0 N–H and O–H groups in total. The molecule has 0 spiro atoms. The SMILES string of the molecule is COC(=O)C1=CCC(OC)(OCl)C=C1. The average Bonchev–Trinajstić information content (AvgIpc) is 2.28. The smallest absolute Gasteiger partial charge is 0.337 e. The quantitative estimate of drug-likeness (QED) is 0.533. The molecule has 0 saturated heterocycles. The first-order chi connectivity index (χ1) is 6.67. The van der Waals surface area contributed by atoms with Crippen LogP contribution in [-0.2, 0) is 18.6 Å². The van der Waals surface area contributed by atoms with Gasteiger partial charge in [-0.1, -0.05) is 6.08 Å². The van der Waals surface area contributed by atoms with Gasteiger partial charge in [-0.15, -0.1) is 0 Å². The number of hydrogen-bond acceptors (Lipinski definition) is 4. The van der Waals surface area contributed by atoms with E-state index in [0.717, 1.165) is 0 Å². The van der Waals surface area contributed by atoms with Crippen molar-refractivity contribution < 1.29 is 18.6 Å². The predicted octanol–water partition coefficient (Wildman–Crippen LogP) is 1.56. The fraction of sp³-hybridized carbons (Fsp3) is 0.444. The van der Waals surface area contributed by atoms with Gasteiger partial charge in [-0.25, -0.2) is 9.08 Å². The van der Waals surface area contributed by atoms with Crippen LogP contribution in [0.2, 0.25) is 0 Å². The topological polar surface area (TPSA) is 44.8 Å². The van der Waals surface area contributed by atoms with Gasteiger partial charge in [0, 0.05) is 13.5 Å². The van der Waals surface area contributed by atoms with Crippen LogP contribution in [0.1, 0.15) is 6.42 Å². The van der Waals surface area contributed by atoms with Crippen molar-refractivity contribution in [1.82, 2.24) is 0 Å². The number of halogens is 1. The number of rotatable bonds is 3. The van der Waals surface area contributed by atoms with Gasteiger partial charge < -0.3 is 9.47 Å². The number of ether oxygens (including phenoxy) is 2. The van der Waals surface area contributed by atoms with Gasteiger partial charge in [-0.3, -0.25) is 0 Å². The van der Waals surface area contributed by atoms with Crippen molar-refractivity contribution in [3.63, 3.8) is 0 Å². The first-order valence-corrected chi connectivity index (χ1v) is 4.31. The molecule has 0 bridgehead atoms. The molecule has 5 heteroatoms. The molecule has 0 fully saturated rings. The van der Waals surface area contributed by atoms with E-state index in [2.05, 4.69) is 9.03 Å². The molecular formula is C9H11ClO4. The van der Waals surface area contributed by atoms with Crippen LogP contribution < -0.4 is 0 Å². The summed E-state index contributed by atoms with van der Waals surface area (Å²) < 4.78 is 14.3. The fourth-order valence-corrected chi connectivity index (χ4v) is 1.29. The Hall–Kier alpha value is -0.840. The number of esters is 1. The van der Waals surface area contributed by atoms with Crippen molar-refractivity contribution in [2.45, 2.75) is 12.2 Å². The van der Waals surface area contributed by atoms with E-state index in [1.165, 1.54) is 14.2 Å². The molecule has 1 aliphatic rings. The van der Waals surface area contributed by atoms with Gasteiger partial charge in [0.1, 0.15) is 0 Å². The molecule has 0 aromatic carbocycles. The summed E-state index contributed by atoms with van der Waals surface area (Å²) in [6, 6.07) is 0. The van der Waals surface area contributed by atoms with Crippen molar-refractivity contribution in [2.75, 3.05) is 14.2 Å². The van der Waals surface area contributed by atoms with Crippen LogP contribution in [0, 0.1) is 0 Å². The molecule has 0 aliphatic heterocycles. The van der Waals surface area contributed by atoms with Crippen molar-refractivity contribution in [3.05, 3.63) is 23.8 Å². The van der Waals surface area contributed by atoms with E-state index in [0.29, 0.717) is 12.0 Å². The predicted molar refractivity (Wildman–Crippen MR) is 50.5 cm³/mol. The lowest BCUT2D eigenvalue weighted by Gasteiger charge is -2.26. The fourth-order valence-electron chi connectivity index (χ4n) is 1.11. The molecule has 0 amide bonds. The summed E-state index contributed by atoms with van der Waals surface area (Å²) in [4.78, 5) is 11.1. The Morgan fingerprint density at radius 3 is 2.64 bits per heavy atom. The minimum absolute atomic E-state index is 0.369. The lowest BCUT2D eigenvalue weighted by Crippen LogP contribution is -2.30. The molecule has 0 aromatic rings. The molecule has 0 heterocycles. The zero-order valence-corrected chi connectivity index (χ0v) is 8.71. The van der Waals surface area contributed by atoms with E-state index in [1.54, 1.807) is 18.2 Å². The second kappa shape index (κ2) is 4.59. The molecule has 1 rings (SSSR count). The molecule has 4 nitrogen and oxygen atoms in total. The molecule has 1 aliphatic carbocycles. The Morgan fingerprint density at radius 2 is 2.29 bits per heavy atom. The molecule has 0 aromatic heterocycles. The third-order valence-corrected chi connectivity index (χ3v) is 2.28. The molecule has 0 saturated carbocycles. The van der Waals surface area contributed by atoms with Gasteiger partial charge in [0.2, 0.25) is 5.79 Å². The van der Waals surface area contributed by atoms with Crippen LogP contribution in [-0.4, -0.2) is 26.0 Å². The summed E-state index contributed by atoms with van der Waals surface area (Å²) in [5, 5.41) is 0. The van der Waals surface area contributed by atoms with Gasteiger partial charge in [-0.05, 0) is 12.2 Å². The number of hydrogen-bond donors (Lipinski definition) is 0. The van der Waals surface area contributed by atoms with Gasteiger partial charge in [0.25, 0.3) is 0 Å². The highest BCUT2D eigenvalue weighted by atomic mass is 35.5. The first-order valence-electron chi connectivity index (χ1n) is 4.00. The third-order valence-electron chi connectivity index (χ3n) is 2.02. The standard InChI is InChI=1S/C9H11ClO4/c1-12-8(11)7-3-5-9(13-2,14-10)6-4-7/h3-5H,6H2,1-2H3. The van der Waals surface area contributed by atoms with E-state index >= 15 is 0 Å². The van der Waals surface area contributed by atoms with Crippen LogP contribution in [0.25, 0.3) is 0 Å². The first kappa shape index (κ1) is 11.2. The maximum absolute atomic E-state index is 11.1. The van der Waals surface area contributed by atoms with Gasteiger partial charge in [0.15, 0.2) is 0 Å². The van der Waals surface area contributed by atoms with E-state index in [9.17, 15) is 4.79 Å². The lowest BCUT2D eigenvalue weighted by atomic mass is 10.0. The van der Waals surface area contributed by atoms with E-state index in [4.69, 9.17) is 16.6 Å². The number of methoxy groups -OCH3 is 2. The van der Waals surface area contributed by atoms with Gasteiger partial charge in [-0.2, -0.15) is 0 Å². The number of carbonyl (C=O) groups excluding carboxylic acids is 1. The highest BCUT2D eigenvalue weighted by molar-refractivity contribution is 6.07. The normalized spacial score (nSPS) is 25.8. The Morgan fingerprint density at radius 1 is 1.57 bits per heavy atom. The molecule has 78 valence electrons. The zero-order chi connectivity index (χ0) is 10.6. The highest BCUT2D eigenvalue weighted by Crippen LogP contribution is 2.27. The Bertz CT molecular complexity index is 279. The second-order valence-electron chi connectivity index (χ2n) is 2.78. The van der Waals surface area contributed by atoms with Crippen LogP contribution in [0.15, 0.2) is 23.8 Å². The van der Waals surface area contributed by atoms with E-state index < -0.39 is 5.79 Å². The van der Waals surface area contributed by atoms with Crippen LogP contribution in [0.3, 0.4) is 0 Å². The molecule has 1 atom stereocenters. The molecule has 1 unspecified atom stereocenters. The van der Waals surface area contributed by atoms with Gasteiger partial charge in [0.05, 0.1) is 24.5 Å². The molecule has 0 radical (unpaired) electrons. The maximum atomic E-state index is 11.1. The molecule has 14 heavy (non-hydrogen) atoms. The van der Waals surface area contributed by atoms with Gasteiger partial charge >= 0.3 is 5.97 Å². The lowest BCUT2D eigenvalue weighted by molar-refractivity contribution is -0.136. The van der Waals surface area contributed by atoms with Crippen molar-refractivity contribution in [3.8, 4) is 0 Å². The highest BCUT2D eigenvalue weighted by Gasteiger charge is 2.30. The summed E-state index contributed by atoms with van der Waals surface area (Å²) in [5.74, 6) is -1.36. The van der Waals surface area contributed by atoms with E-state index in [-0.39, 0.29) is 5.97 Å². The Balaban J connectivity index is 2.74. The van der Waals surface area contributed by atoms with Crippen LogP contribution in [0.5, 0.6) is 0 Å². The van der Waals surface area contributed by atoms with Crippen molar-refractivity contribution in [2.24, 2.45) is 0 Å². The minimum Gasteiger partial charge on any atom is -0.465 e. The Kier molecular flexibility index (Phi) is 3.69. The third kappa shape index (κ3) is 2.15. The van der Waals surface area contributed by atoms with Crippen molar-refractivity contribution >= 4 is 17.8 Å². The zero-order valence-electron chi connectivity index (χ0n) is 7.95. The summed E-state index contributed by atoms with van der Waals surface area (Å²) in [6.07, 6.45) is 5.15. The second-order valence-corrected chi connectivity index (χ2v) is 2.94. The minimum atomic E-state index is -0.973. The average molecular weight is 219 g/mol. The maximum Gasteiger partial charge on any atom is 0.337 e. The van der Waals surface area contributed by atoms with E-state index in [1.807, 2.05) is 0 Å². The summed E-state index contributed by atoms with van der Waals surface area (Å²) >= 11 is 5.28. The van der Waals surface area contributed by atoms with Crippen LogP contribution >= 0.6 is 11.9 Å². The summed E-state index contributed by atoms with van der Waals surface area (Å²) in [7, 11) is 2.80. The monoisotopic (exact) mass is 218 g/mol. The summed E-state index contributed by atoms with van der Waals surface area (Å²) in [6.45, 7) is 0. The van der Waals surface area contributed by atoms with Crippen LogP contribution in [0.4, 0.5) is 0 Å². The molecular weight excluding hydrogens is 208 g/mol. The number of carbonyl (C=O) groups is 1.